The lowest BCUT2D eigenvalue weighted by Crippen LogP contribution is -2.34. The molecule has 21 heavy (non-hydrogen) atoms. The summed E-state index contributed by atoms with van der Waals surface area (Å²) in [6.07, 6.45) is 1.78. The lowest BCUT2D eigenvalue weighted by molar-refractivity contribution is 0.170. The highest BCUT2D eigenvalue weighted by Crippen LogP contribution is 2.17. The number of nitrogens with one attached hydrogen (secondary N) is 1. The van der Waals surface area contributed by atoms with Gasteiger partial charge in [-0.25, -0.2) is 4.98 Å². The molecular formula is C18H24N2O. The van der Waals surface area contributed by atoms with Crippen molar-refractivity contribution in [1.29, 1.82) is 0 Å². The molecule has 0 atom stereocenters. The van der Waals surface area contributed by atoms with E-state index in [4.69, 9.17) is 4.74 Å². The van der Waals surface area contributed by atoms with Gasteiger partial charge in [0, 0.05) is 30.8 Å². The Hall–Kier alpha value is -1.87. The Bertz CT molecular complexity index is 552. The highest BCUT2D eigenvalue weighted by atomic mass is 16.5. The molecule has 3 heteroatoms. The molecule has 1 aromatic carbocycles. The first-order valence-corrected chi connectivity index (χ1v) is 7.35. The van der Waals surface area contributed by atoms with E-state index in [9.17, 15) is 0 Å². The smallest absolute Gasteiger partial charge is 0.213 e. The fourth-order valence-corrected chi connectivity index (χ4v) is 2.05. The van der Waals surface area contributed by atoms with Crippen LogP contribution in [-0.4, -0.2) is 18.1 Å². The van der Waals surface area contributed by atoms with Crippen molar-refractivity contribution in [1.82, 2.24) is 10.3 Å². The summed E-state index contributed by atoms with van der Waals surface area (Å²) in [7, 11) is 0. The molecule has 0 saturated heterocycles. The molecule has 0 aliphatic rings. The van der Waals surface area contributed by atoms with Crippen LogP contribution in [0, 0.1) is 12.3 Å². The van der Waals surface area contributed by atoms with Crippen LogP contribution in [0.25, 0.3) is 0 Å². The lowest BCUT2D eigenvalue weighted by atomic mass is 9.95. The molecule has 0 saturated carbocycles. The summed E-state index contributed by atoms with van der Waals surface area (Å²) in [6.45, 7) is 8.86. The second kappa shape index (κ2) is 7.23. The number of rotatable bonds is 7. The Morgan fingerprint density at radius 2 is 1.90 bits per heavy atom. The minimum absolute atomic E-state index is 0.0558. The SMILES string of the molecule is Cc1ccnc(OCC(C)(C)CNCc2ccccc2)c1. The fourth-order valence-electron chi connectivity index (χ4n) is 2.05. The summed E-state index contributed by atoms with van der Waals surface area (Å²) in [5.74, 6) is 0.700. The maximum atomic E-state index is 5.80. The average Bonchev–Trinajstić information content (AvgIpc) is 2.46. The molecule has 3 nitrogen and oxygen atoms in total. The van der Waals surface area contributed by atoms with E-state index >= 15 is 0 Å². The highest BCUT2D eigenvalue weighted by molar-refractivity contribution is 5.18. The molecule has 112 valence electrons. The second-order valence-corrected chi connectivity index (χ2v) is 6.21. The molecule has 0 spiro atoms. The van der Waals surface area contributed by atoms with E-state index in [-0.39, 0.29) is 5.41 Å². The molecule has 0 radical (unpaired) electrons. The van der Waals surface area contributed by atoms with Gasteiger partial charge < -0.3 is 10.1 Å². The number of hydrogen-bond acceptors (Lipinski definition) is 3. The van der Waals surface area contributed by atoms with Gasteiger partial charge in [-0.2, -0.15) is 0 Å². The minimum Gasteiger partial charge on any atom is -0.477 e. The van der Waals surface area contributed by atoms with Gasteiger partial charge in [0.1, 0.15) is 0 Å². The van der Waals surface area contributed by atoms with E-state index in [0.29, 0.717) is 12.5 Å². The van der Waals surface area contributed by atoms with Crippen molar-refractivity contribution in [2.45, 2.75) is 27.3 Å². The van der Waals surface area contributed by atoms with Gasteiger partial charge in [-0.3, -0.25) is 0 Å². The Labute approximate surface area is 127 Å². The number of ether oxygens (including phenoxy) is 1. The van der Waals surface area contributed by atoms with Gasteiger partial charge >= 0.3 is 0 Å². The zero-order chi connectivity index (χ0) is 15.1. The van der Waals surface area contributed by atoms with Gasteiger partial charge in [0.15, 0.2) is 0 Å². The van der Waals surface area contributed by atoms with Crippen LogP contribution in [0.3, 0.4) is 0 Å². The van der Waals surface area contributed by atoms with Crippen LogP contribution < -0.4 is 10.1 Å². The van der Waals surface area contributed by atoms with Gasteiger partial charge in [-0.05, 0) is 24.1 Å². The summed E-state index contributed by atoms with van der Waals surface area (Å²) < 4.78 is 5.80. The van der Waals surface area contributed by atoms with Crippen molar-refractivity contribution < 1.29 is 4.74 Å². The normalized spacial score (nSPS) is 11.4. The average molecular weight is 284 g/mol. The van der Waals surface area contributed by atoms with Crippen LogP contribution >= 0.6 is 0 Å². The van der Waals surface area contributed by atoms with E-state index in [2.05, 4.69) is 48.4 Å². The number of benzene rings is 1. The Balaban J connectivity index is 1.76. The number of nitrogens with zero attached hydrogens (tertiary/aromatic N) is 1. The van der Waals surface area contributed by atoms with Crippen LogP contribution in [-0.2, 0) is 6.54 Å². The quantitative estimate of drug-likeness (QED) is 0.843. The first-order chi connectivity index (χ1) is 10.1. The summed E-state index contributed by atoms with van der Waals surface area (Å²) in [4.78, 5) is 4.23. The van der Waals surface area contributed by atoms with E-state index < -0.39 is 0 Å². The molecule has 0 bridgehead atoms. The van der Waals surface area contributed by atoms with Crippen molar-refractivity contribution >= 4 is 0 Å². The summed E-state index contributed by atoms with van der Waals surface area (Å²) in [5.41, 5.74) is 2.52. The van der Waals surface area contributed by atoms with Crippen molar-refractivity contribution in [3.05, 3.63) is 59.8 Å². The molecular weight excluding hydrogens is 260 g/mol. The summed E-state index contributed by atoms with van der Waals surface area (Å²) in [5, 5.41) is 3.49. The topological polar surface area (TPSA) is 34.1 Å². The van der Waals surface area contributed by atoms with E-state index in [1.807, 2.05) is 25.1 Å². The first-order valence-electron chi connectivity index (χ1n) is 7.35. The molecule has 0 fully saturated rings. The Kier molecular flexibility index (Phi) is 5.34. The van der Waals surface area contributed by atoms with Crippen molar-refractivity contribution in [2.75, 3.05) is 13.2 Å². The predicted molar refractivity (Wildman–Crippen MR) is 86.4 cm³/mol. The maximum Gasteiger partial charge on any atom is 0.213 e. The van der Waals surface area contributed by atoms with E-state index in [1.165, 1.54) is 11.1 Å². The third kappa shape index (κ3) is 5.56. The maximum absolute atomic E-state index is 5.80. The molecule has 1 N–H and O–H groups in total. The van der Waals surface area contributed by atoms with Crippen molar-refractivity contribution in [2.24, 2.45) is 5.41 Å². The van der Waals surface area contributed by atoms with Crippen molar-refractivity contribution in [3.8, 4) is 5.88 Å². The first kappa shape index (κ1) is 15.5. The van der Waals surface area contributed by atoms with Crippen LogP contribution in [0.5, 0.6) is 5.88 Å². The van der Waals surface area contributed by atoms with Crippen LogP contribution in [0.15, 0.2) is 48.7 Å². The number of aryl methyl sites for hydroxylation is 1. The molecule has 2 rings (SSSR count). The summed E-state index contributed by atoms with van der Waals surface area (Å²) >= 11 is 0. The zero-order valence-electron chi connectivity index (χ0n) is 13.1. The predicted octanol–water partition coefficient (Wildman–Crippen LogP) is 3.58. The number of aromatic nitrogens is 1. The van der Waals surface area contributed by atoms with E-state index in [1.54, 1.807) is 6.20 Å². The summed E-state index contributed by atoms with van der Waals surface area (Å²) in [6, 6.07) is 14.4. The van der Waals surface area contributed by atoms with Crippen LogP contribution in [0.4, 0.5) is 0 Å². The standard InChI is InChI=1S/C18H24N2O/c1-15-9-10-20-17(11-15)21-14-18(2,3)13-19-12-16-7-5-4-6-8-16/h4-11,19H,12-14H2,1-3H3. The highest BCUT2D eigenvalue weighted by Gasteiger charge is 2.18. The van der Waals surface area contributed by atoms with Crippen LogP contribution in [0.2, 0.25) is 0 Å². The molecule has 0 amide bonds. The number of hydrogen-bond donors (Lipinski definition) is 1. The lowest BCUT2D eigenvalue weighted by Gasteiger charge is -2.25. The van der Waals surface area contributed by atoms with Gasteiger partial charge in [0.05, 0.1) is 6.61 Å². The van der Waals surface area contributed by atoms with Gasteiger partial charge in [-0.15, -0.1) is 0 Å². The fraction of sp³-hybridized carbons (Fsp3) is 0.389. The largest absolute Gasteiger partial charge is 0.477 e. The van der Waals surface area contributed by atoms with Gasteiger partial charge in [0.2, 0.25) is 5.88 Å². The molecule has 2 aromatic rings. The van der Waals surface area contributed by atoms with Gasteiger partial charge in [0.25, 0.3) is 0 Å². The molecule has 1 aromatic heterocycles. The Morgan fingerprint density at radius 1 is 1.14 bits per heavy atom. The van der Waals surface area contributed by atoms with E-state index in [0.717, 1.165) is 13.1 Å². The van der Waals surface area contributed by atoms with Crippen LogP contribution in [0.1, 0.15) is 25.0 Å². The minimum atomic E-state index is 0.0558. The molecule has 0 aliphatic heterocycles. The zero-order valence-corrected chi connectivity index (χ0v) is 13.1. The third-order valence-electron chi connectivity index (χ3n) is 3.28. The second-order valence-electron chi connectivity index (χ2n) is 6.21. The molecule has 1 heterocycles. The van der Waals surface area contributed by atoms with Gasteiger partial charge in [-0.1, -0.05) is 44.2 Å². The number of pyridine rings is 1. The monoisotopic (exact) mass is 284 g/mol. The van der Waals surface area contributed by atoms with Crippen molar-refractivity contribution in [3.63, 3.8) is 0 Å². The molecule has 0 aliphatic carbocycles. The molecule has 0 unspecified atom stereocenters. The Morgan fingerprint density at radius 3 is 2.62 bits per heavy atom. The third-order valence-corrected chi connectivity index (χ3v) is 3.28.